The van der Waals surface area contributed by atoms with Gasteiger partial charge in [-0.2, -0.15) is 0 Å². The van der Waals surface area contributed by atoms with Crippen molar-refractivity contribution in [3.05, 3.63) is 95.8 Å². The fraction of sp³-hybridized carbons (Fsp3) is 0.419. The second kappa shape index (κ2) is 23.4. The first-order valence-corrected chi connectivity index (χ1v) is 22.7. The van der Waals surface area contributed by atoms with Gasteiger partial charge in [-0.15, -0.1) is 35.1 Å². The summed E-state index contributed by atoms with van der Waals surface area (Å²) in [6.45, 7) is 0. The van der Waals surface area contributed by atoms with Gasteiger partial charge in [0.15, 0.2) is 0 Å². The standard InChI is InChI=1S/C24H29ClFN3O3S.C19H22FN3O2S/c1-33-20-6-4-5-19(14-20)32-24-21(13-16(26)15-27-24)23(31)29-18-10-8-17(9-11-18)28-22(30)7-2-3-12-25;1-26-16-4-2-3-15(10-16)25-19-17(9-12(20)11-22-19)18(24)23-14-7-5-13(21)6-8-14/h4-6,13-15,17-18H,2-3,7-12H2,1H3,(H,28,30)(H,29,31);2-4,9-11,13-14H,5-8,21H2,1H3,(H,23,24). The molecule has 11 nitrogen and oxygen atoms in total. The molecule has 0 saturated heterocycles. The van der Waals surface area contributed by atoms with E-state index in [1.807, 2.05) is 48.9 Å². The molecule has 2 aliphatic carbocycles. The van der Waals surface area contributed by atoms with Gasteiger partial charge in [-0.1, -0.05) is 12.1 Å². The second-order valence-electron chi connectivity index (χ2n) is 14.4. The van der Waals surface area contributed by atoms with Gasteiger partial charge in [0.1, 0.15) is 34.3 Å². The van der Waals surface area contributed by atoms with Crippen molar-refractivity contribution in [1.82, 2.24) is 25.9 Å². The normalized spacial score (nSPS) is 18.7. The van der Waals surface area contributed by atoms with E-state index in [2.05, 4.69) is 25.9 Å². The maximum absolute atomic E-state index is 13.9. The molecule has 0 unspecified atom stereocenters. The number of benzene rings is 2. The number of alkyl halides is 1. The molecule has 2 aromatic heterocycles. The van der Waals surface area contributed by atoms with Gasteiger partial charge in [0.05, 0.1) is 12.4 Å². The maximum atomic E-state index is 13.9. The highest BCUT2D eigenvalue weighted by Crippen LogP contribution is 2.30. The number of unbranched alkanes of at least 4 members (excludes halogenated alkanes) is 1. The van der Waals surface area contributed by atoms with Crippen molar-refractivity contribution in [2.45, 2.75) is 105 Å². The van der Waals surface area contributed by atoms with Crippen molar-refractivity contribution in [3.8, 4) is 23.3 Å². The molecule has 3 amide bonds. The van der Waals surface area contributed by atoms with Gasteiger partial charge in [-0.25, -0.2) is 18.7 Å². The average Bonchev–Trinajstić information content (AvgIpc) is 3.24. The number of amides is 3. The number of nitrogens with zero attached hydrogens (tertiary/aromatic N) is 2. The van der Waals surface area contributed by atoms with Crippen LogP contribution in [0.4, 0.5) is 8.78 Å². The summed E-state index contributed by atoms with van der Waals surface area (Å²) in [4.78, 5) is 47.6. The third kappa shape index (κ3) is 14.7. The summed E-state index contributed by atoms with van der Waals surface area (Å²) in [6, 6.07) is 17.4. The number of nitrogens with one attached hydrogen (secondary N) is 3. The number of hydrogen-bond acceptors (Lipinski definition) is 10. The monoisotopic (exact) mass is 868 g/mol. The minimum atomic E-state index is -0.606. The number of rotatable bonds is 15. The van der Waals surface area contributed by atoms with E-state index >= 15 is 0 Å². The Morgan fingerprint density at radius 3 is 1.58 bits per heavy atom. The number of hydrogen-bond donors (Lipinski definition) is 4. The zero-order chi connectivity index (χ0) is 42.1. The molecule has 59 heavy (non-hydrogen) atoms. The van der Waals surface area contributed by atoms with Crippen LogP contribution >= 0.6 is 35.1 Å². The second-order valence-corrected chi connectivity index (χ2v) is 16.5. The van der Waals surface area contributed by atoms with Gasteiger partial charge >= 0.3 is 0 Å². The van der Waals surface area contributed by atoms with Crippen LogP contribution in [0, 0.1) is 11.6 Å². The Labute approximate surface area is 357 Å². The van der Waals surface area contributed by atoms with Gasteiger partial charge in [0.25, 0.3) is 11.8 Å². The Morgan fingerprint density at radius 2 is 1.14 bits per heavy atom. The summed E-state index contributed by atoms with van der Waals surface area (Å²) in [5.41, 5.74) is 6.05. The molecule has 2 saturated carbocycles. The van der Waals surface area contributed by atoms with Crippen molar-refractivity contribution in [3.63, 3.8) is 0 Å². The van der Waals surface area contributed by atoms with Gasteiger partial charge in [-0.3, -0.25) is 14.4 Å². The number of carbonyl (C=O) groups excluding carboxylic acids is 3. The molecule has 0 bridgehead atoms. The number of ether oxygens (including phenoxy) is 2. The zero-order valence-corrected chi connectivity index (χ0v) is 35.6. The highest BCUT2D eigenvalue weighted by Gasteiger charge is 2.26. The minimum Gasteiger partial charge on any atom is -0.438 e. The van der Waals surface area contributed by atoms with Crippen LogP contribution in [0.1, 0.15) is 91.3 Å². The number of halogens is 3. The minimum absolute atomic E-state index is 0.0400. The maximum Gasteiger partial charge on any atom is 0.257 e. The Morgan fingerprint density at radius 1 is 0.695 bits per heavy atom. The van der Waals surface area contributed by atoms with E-state index in [1.165, 1.54) is 0 Å². The lowest BCUT2D eigenvalue weighted by atomic mass is 9.91. The molecule has 2 fully saturated rings. The lowest BCUT2D eigenvalue weighted by Crippen LogP contribution is -2.43. The predicted octanol–water partition coefficient (Wildman–Crippen LogP) is 9.04. The van der Waals surface area contributed by atoms with Crippen LogP contribution in [0.15, 0.2) is 82.8 Å². The Bertz CT molecular complexity index is 2020. The van der Waals surface area contributed by atoms with E-state index in [1.54, 1.807) is 35.7 Å². The largest absolute Gasteiger partial charge is 0.438 e. The van der Waals surface area contributed by atoms with E-state index in [9.17, 15) is 23.2 Å². The van der Waals surface area contributed by atoms with Crippen molar-refractivity contribution < 1.29 is 32.6 Å². The summed E-state index contributed by atoms with van der Waals surface area (Å²) in [7, 11) is 0. The van der Waals surface area contributed by atoms with Crippen LogP contribution in [0.5, 0.6) is 23.3 Å². The fourth-order valence-corrected chi connectivity index (χ4v) is 7.83. The number of thioether (sulfide) groups is 2. The summed E-state index contributed by atoms with van der Waals surface area (Å²) >= 11 is 8.80. The molecule has 316 valence electrons. The molecule has 0 radical (unpaired) electrons. The number of nitrogens with two attached hydrogens (primary N) is 1. The van der Waals surface area contributed by atoms with Crippen LogP contribution in [0.3, 0.4) is 0 Å². The van der Waals surface area contributed by atoms with Crippen LogP contribution in [0.25, 0.3) is 0 Å². The summed E-state index contributed by atoms with van der Waals surface area (Å²) in [5.74, 6) is -0.149. The molecule has 0 aliphatic heterocycles. The molecule has 16 heteroatoms. The first-order valence-electron chi connectivity index (χ1n) is 19.7. The van der Waals surface area contributed by atoms with Crippen molar-refractivity contribution in [1.29, 1.82) is 0 Å². The zero-order valence-electron chi connectivity index (χ0n) is 33.2. The lowest BCUT2D eigenvalue weighted by molar-refractivity contribution is -0.122. The predicted molar refractivity (Wildman–Crippen MR) is 229 cm³/mol. The number of aromatic nitrogens is 2. The SMILES string of the molecule is CSc1cccc(Oc2ncc(F)cc2C(=O)NC2CCC(N)CC2)c1.CSc1cccc(Oc2ncc(F)cc2C(=O)NC2CCC(NC(=O)CCCCCl)CC2)c1. The van der Waals surface area contributed by atoms with E-state index in [0.717, 1.165) is 98.5 Å². The fourth-order valence-electron chi connectivity index (χ4n) is 6.75. The lowest BCUT2D eigenvalue weighted by Gasteiger charge is -2.29. The van der Waals surface area contributed by atoms with Crippen LogP contribution in [-0.2, 0) is 4.79 Å². The smallest absolute Gasteiger partial charge is 0.257 e. The van der Waals surface area contributed by atoms with Gasteiger partial charge < -0.3 is 31.2 Å². The van der Waals surface area contributed by atoms with Crippen LogP contribution in [0.2, 0.25) is 0 Å². The molecular formula is C43H51ClF2N6O5S2. The summed E-state index contributed by atoms with van der Waals surface area (Å²) in [5, 5.41) is 8.98. The first kappa shape index (κ1) is 45.6. The molecule has 0 atom stereocenters. The summed E-state index contributed by atoms with van der Waals surface area (Å²) < 4.78 is 39.1. The van der Waals surface area contributed by atoms with Gasteiger partial charge in [0.2, 0.25) is 17.7 Å². The highest BCUT2D eigenvalue weighted by molar-refractivity contribution is 7.98. The van der Waals surface area contributed by atoms with Crippen molar-refractivity contribution in [2.75, 3.05) is 18.4 Å². The van der Waals surface area contributed by atoms with Crippen LogP contribution in [-0.4, -0.2) is 70.2 Å². The number of carbonyl (C=O) groups is 3. The Kier molecular flexibility index (Phi) is 18.1. The molecule has 5 N–H and O–H groups in total. The molecule has 2 aliphatic rings. The highest BCUT2D eigenvalue weighted by atomic mass is 35.5. The van der Waals surface area contributed by atoms with E-state index in [0.29, 0.717) is 23.8 Å². The third-order valence-corrected chi connectivity index (χ3v) is 11.7. The Balaban J connectivity index is 0.000000230. The van der Waals surface area contributed by atoms with Crippen molar-refractivity contribution in [2.24, 2.45) is 5.73 Å². The summed E-state index contributed by atoms with van der Waals surface area (Å²) in [6.07, 6.45) is 14.5. The quantitative estimate of drug-likeness (QED) is 0.0516. The molecule has 2 aromatic carbocycles. The van der Waals surface area contributed by atoms with Gasteiger partial charge in [0, 0.05) is 46.3 Å². The van der Waals surface area contributed by atoms with E-state index < -0.39 is 17.5 Å². The number of pyridine rings is 2. The van der Waals surface area contributed by atoms with Crippen LogP contribution < -0.4 is 31.2 Å². The Hall–Kier alpha value is -4.44. The molecule has 4 aromatic rings. The van der Waals surface area contributed by atoms with E-state index in [-0.39, 0.29) is 58.9 Å². The third-order valence-electron chi connectivity index (χ3n) is 9.96. The van der Waals surface area contributed by atoms with E-state index in [4.69, 9.17) is 26.8 Å². The van der Waals surface area contributed by atoms with Crippen molar-refractivity contribution >= 4 is 52.8 Å². The first-order chi connectivity index (χ1) is 28.5. The topological polar surface area (TPSA) is 158 Å². The molecule has 6 rings (SSSR count). The molecule has 0 spiro atoms. The molecule has 2 heterocycles. The average molecular weight is 870 g/mol. The van der Waals surface area contributed by atoms with Gasteiger partial charge in [-0.05, 0) is 125 Å². The molecular weight excluding hydrogens is 818 g/mol.